The van der Waals surface area contributed by atoms with Crippen LogP contribution >= 0.6 is 12.4 Å². The predicted molar refractivity (Wildman–Crippen MR) is 88.7 cm³/mol. The van der Waals surface area contributed by atoms with Crippen molar-refractivity contribution in [2.45, 2.75) is 40.2 Å². The van der Waals surface area contributed by atoms with Gasteiger partial charge in [-0.3, -0.25) is 4.79 Å². The lowest BCUT2D eigenvalue weighted by Crippen LogP contribution is -2.45. The van der Waals surface area contributed by atoms with Gasteiger partial charge in [0.15, 0.2) is 11.6 Å². The summed E-state index contributed by atoms with van der Waals surface area (Å²) in [6.07, 6.45) is 1.37. The Morgan fingerprint density at radius 1 is 1.32 bits per heavy atom. The molecule has 0 heterocycles. The third-order valence-electron chi connectivity index (χ3n) is 3.98. The van der Waals surface area contributed by atoms with Crippen LogP contribution in [0.1, 0.15) is 39.2 Å². The van der Waals surface area contributed by atoms with Crippen molar-refractivity contribution in [2.24, 2.45) is 11.1 Å². The number of rotatable bonds is 8. The molecule has 1 rings (SSSR count). The van der Waals surface area contributed by atoms with Crippen molar-refractivity contribution >= 4 is 18.3 Å². The second kappa shape index (κ2) is 9.64. The first-order chi connectivity index (χ1) is 10.0. The molecular formula is C16H26ClFN2O2. The van der Waals surface area contributed by atoms with E-state index in [0.717, 1.165) is 0 Å². The molecule has 1 aromatic rings. The number of halogens is 2. The molecule has 0 aliphatic rings. The second-order valence-electron chi connectivity index (χ2n) is 5.07. The number of nitrogens with one attached hydrogen (secondary N) is 1. The van der Waals surface area contributed by atoms with Gasteiger partial charge in [-0.2, -0.15) is 0 Å². The highest BCUT2D eigenvalue weighted by atomic mass is 35.5. The van der Waals surface area contributed by atoms with Gasteiger partial charge in [0.2, 0.25) is 5.91 Å². The van der Waals surface area contributed by atoms with Crippen molar-refractivity contribution in [1.82, 2.24) is 5.32 Å². The summed E-state index contributed by atoms with van der Waals surface area (Å²) in [5.41, 5.74) is 5.90. The van der Waals surface area contributed by atoms with Crippen LogP contribution in [0.5, 0.6) is 5.75 Å². The molecule has 0 atom stereocenters. The molecule has 1 amide bonds. The van der Waals surface area contributed by atoms with Crippen LogP contribution in [0.15, 0.2) is 18.2 Å². The highest BCUT2D eigenvalue weighted by Crippen LogP contribution is 2.25. The third-order valence-corrected chi connectivity index (χ3v) is 3.98. The van der Waals surface area contributed by atoms with E-state index < -0.39 is 11.2 Å². The molecule has 22 heavy (non-hydrogen) atoms. The summed E-state index contributed by atoms with van der Waals surface area (Å²) in [6.45, 7) is 6.71. The summed E-state index contributed by atoms with van der Waals surface area (Å²) in [6, 6.07) is 4.71. The van der Waals surface area contributed by atoms with E-state index in [4.69, 9.17) is 10.5 Å². The monoisotopic (exact) mass is 332 g/mol. The number of nitrogens with two attached hydrogens (primary N) is 1. The summed E-state index contributed by atoms with van der Waals surface area (Å²) in [4.78, 5) is 12.3. The molecule has 0 aromatic heterocycles. The van der Waals surface area contributed by atoms with E-state index in [1.165, 1.54) is 6.07 Å². The lowest BCUT2D eigenvalue weighted by Gasteiger charge is -2.28. The molecule has 0 radical (unpaired) electrons. The molecule has 0 aliphatic heterocycles. The fourth-order valence-corrected chi connectivity index (χ4v) is 2.25. The Bertz CT molecular complexity index is 471. The van der Waals surface area contributed by atoms with E-state index >= 15 is 0 Å². The number of ether oxygens (including phenoxy) is 1. The van der Waals surface area contributed by atoms with Crippen LogP contribution in [0.25, 0.3) is 0 Å². The molecule has 6 heteroatoms. The summed E-state index contributed by atoms with van der Waals surface area (Å²) >= 11 is 0. The molecule has 0 saturated carbocycles. The Balaban J connectivity index is 0.00000441. The van der Waals surface area contributed by atoms with E-state index in [0.29, 0.717) is 31.6 Å². The fourth-order valence-electron chi connectivity index (χ4n) is 2.25. The molecule has 0 aliphatic carbocycles. The Kier molecular flexibility index (Phi) is 9.06. The molecule has 1 aromatic carbocycles. The first-order valence-corrected chi connectivity index (χ1v) is 7.42. The van der Waals surface area contributed by atoms with Crippen molar-refractivity contribution in [3.63, 3.8) is 0 Å². The highest BCUT2D eigenvalue weighted by molar-refractivity contribution is 5.85. The van der Waals surface area contributed by atoms with Crippen molar-refractivity contribution in [3.8, 4) is 5.75 Å². The average molecular weight is 333 g/mol. The molecule has 0 saturated heterocycles. The van der Waals surface area contributed by atoms with Crippen LogP contribution in [0, 0.1) is 11.2 Å². The topological polar surface area (TPSA) is 64.3 Å². The van der Waals surface area contributed by atoms with Crippen LogP contribution in [0.4, 0.5) is 4.39 Å². The van der Waals surface area contributed by atoms with Crippen LogP contribution in [0.3, 0.4) is 0 Å². The third kappa shape index (κ3) is 4.85. The maximum absolute atomic E-state index is 13.7. The molecular weight excluding hydrogens is 307 g/mol. The number of hydrogen-bond acceptors (Lipinski definition) is 3. The van der Waals surface area contributed by atoms with Crippen LogP contribution in [-0.4, -0.2) is 19.1 Å². The summed E-state index contributed by atoms with van der Waals surface area (Å²) in [7, 11) is 0. The van der Waals surface area contributed by atoms with Gasteiger partial charge in [0, 0.05) is 13.1 Å². The number of hydrogen-bond donors (Lipinski definition) is 2. The fraction of sp³-hybridized carbons (Fsp3) is 0.562. The van der Waals surface area contributed by atoms with Gasteiger partial charge in [-0.25, -0.2) is 4.39 Å². The van der Waals surface area contributed by atoms with Gasteiger partial charge in [-0.05, 0) is 37.5 Å². The molecule has 4 nitrogen and oxygen atoms in total. The molecule has 0 bridgehead atoms. The minimum absolute atomic E-state index is 0. The molecule has 3 N–H and O–H groups in total. The van der Waals surface area contributed by atoms with Crippen LogP contribution < -0.4 is 15.8 Å². The first kappa shape index (κ1) is 20.7. The predicted octanol–water partition coefficient (Wildman–Crippen LogP) is 3.03. The van der Waals surface area contributed by atoms with E-state index in [2.05, 4.69) is 5.32 Å². The quantitative estimate of drug-likeness (QED) is 0.769. The minimum Gasteiger partial charge on any atom is -0.491 e. The molecule has 126 valence electrons. The van der Waals surface area contributed by atoms with Gasteiger partial charge in [0.05, 0.1) is 12.0 Å². The number of carbonyl (C=O) groups excluding carboxylic acids is 1. The Labute approximate surface area is 138 Å². The van der Waals surface area contributed by atoms with E-state index in [-0.39, 0.29) is 30.6 Å². The van der Waals surface area contributed by atoms with Gasteiger partial charge in [-0.15, -0.1) is 12.4 Å². The smallest absolute Gasteiger partial charge is 0.227 e. The van der Waals surface area contributed by atoms with Crippen molar-refractivity contribution in [3.05, 3.63) is 29.6 Å². The molecule has 0 fully saturated rings. The van der Waals surface area contributed by atoms with Crippen molar-refractivity contribution in [1.29, 1.82) is 0 Å². The van der Waals surface area contributed by atoms with Crippen LogP contribution in [-0.2, 0) is 11.3 Å². The van der Waals surface area contributed by atoms with E-state index in [9.17, 15) is 9.18 Å². The molecule has 0 spiro atoms. The van der Waals surface area contributed by atoms with Gasteiger partial charge in [0.25, 0.3) is 0 Å². The Morgan fingerprint density at radius 2 is 1.95 bits per heavy atom. The summed E-state index contributed by atoms with van der Waals surface area (Å²) < 4.78 is 18.9. The maximum Gasteiger partial charge on any atom is 0.227 e. The lowest BCUT2D eigenvalue weighted by molar-refractivity contribution is -0.131. The van der Waals surface area contributed by atoms with Gasteiger partial charge < -0.3 is 15.8 Å². The summed E-state index contributed by atoms with van der Waals surface area (Å²) in [5.74, 6) is -0.269. The Morgan fingerprint density at radius 3 is 2.41 bits per heavy atom. The van der Waals surface area contributed by atoms with Crippen molar-refractivity contribution < 1.29 is 13.9 Å². The number of benzene rings is 1. The largest absolute Gasteiger partial charge is 0.491 e. The zero-order valence-corrected chi connectivity index (χ0v) is 14.3. The average Bonchev–Trinajstić information content (AvgIpc) is 2.50. The lowest BCUT2D eigenvalue weighted by atomic mass is 9.81. The minimum atomic E-state index is -0.538. The maximum atomic E-state index is 13.7. The van der Waals surface area contributed by atoms with E-state index in [1.807, 2.05) is 13.8 Å². The van der Waals surface area contributed by atoms with Gasteiger partial charge in [0.1, 0.15) is 0 Å². The van der Waals surface area contributed by atoms with Gasteiger partial charge in [-0.1, -0.05) is 19.9 Å². The standard InChI is InChI=1S/C16H25FN2O2.ClH/c1-4-16(5-2,11-18)15(20)19-10-12-7-8-14(21-6-3)13(17)9-12;/h7-9H,4-6,10-11,18H2,1-3H3,(H,19,20);1H. The number of carbonyl (C=O) groups is 1. The van der Waals surface area contributed by atoms with Gasteiger partial charge >= 0.3 is 0 Å². The zero-order chi connectivity index (χ0) is 15.9. The SMILES string of the molecule is CCOc1ccc(CNC(=O)C(CC)(CC)CN)cc1F.Cl. The van der Waals surface area contributed by atoms with Crippen molar-refractivity contribution in [2.75, 3.05) is 13.2 Å². The van der Waals surface area contributed by atoms with Crippen LogP contribution in [0.2, 0.25) is 0 Å². The number of amides is 1. The normalized spacial score (nSPS) is 10.8. The second-order valence-corrected chi connectivity index (χ2v) is 5.07. The first-order valence-electron chi connectivity index (χ1n) is 7.42. The molecule has 0 unspecified atom stereocenters. The van der Waals surface area contributed by atoms with E-state index in [1.54, 1.807) is 19.1 Å². The Hall–Kier alpha value is -1.33. The summed E-state index contributed by atoms with van der Waals surface area (Å²) in [5, 5.41) is 2.84. The highest BCUT2D eigenvalue weighted by Gasteiger charge is 2.32. The zero-order valence-electron chi connectivity index (χ0n) is 13.4.